The highest BCUT2D eigenvalue weighted by molar-refractivity contribution is 5.85. The molecule has 0 unspecified atom stereocenters. The van der Waals surface area contributed by atoms with Gasteiger partial charge in [0.2, 0.25) is 0 Å². The van der Waals surface area contributed by atoms with Gasteiger partial charge >= 0.3 is 0 Å². The lowest BCUT2D eigenvalue weighted by molar-refractivity contribution is 0.478. The normalized spacial score (nSPS) is 13.7. The summed E-state index contributed by atoms with van der Waals surface area (Å²) in [6.45, 7) is 1.76. The van der Waals surface area contributed by atoms with Gasteiger partial charge in [-0.05, 0) is 18.2 Å². The number of anilines is 1. The maximum Gasteiger partial charge on any atom is 0.196 e. The van der Waals surface area contributed by atoms with Crippen LogP contribution in [0.25, 0.3) is 0 Å². The van der Waals surface area contributed by atoms with Gasteiger partial charge in [-0.25, -0.2) is 4.99 Å². The number of nitrogen functional groups attached to an aromatic ring is 1. The zero-order chi connectivity index (χ0) is 9.97. The Labute approximate surface area is 93.8 Å². The number of halogens is 1. The third kappa shape index (κ3) is 2.66. The minimum Gasteiger partial charge on any atom is -0.506 e. The Morgan fingerprint density at radius 2 is 1.93 bits per heavy atom. The molecule has 0 aromatic heterocycles. The molecule has 1 aromatic rings. The number of aromatic hydroxyl groups is 1. The highest BCUT2D eigenvalue weighted by Gasteiger charge is 2.05. The van der Waals surface area contributed by atoms with Crippen LogP contribution in [0.3, 0.4) is 0 Å². The Morgan fingerprint density at radius 3 is 2.53 bits per heavy atom. The van der Waals surface area contributed by atoms with Crippen LogP contribution >= 0.6 is 12.4 Å². The van der Waals surface area contributed by atoms with Crippen molar-refractivity contribution in [2.45, 2.75) is 0 Å². The topological polar surface area (TPSA) is 82.7 Å². The van der Waals surface area contributed by atoms with Crippen molar-refractivity contribution < 1.29 is 5.11 Å². The zero-order valence-corrected chi connectivity index (χ0v) is 8.84. The summed E-state index contributed by atoms with van der Waals surface area (Å²) < 4.78 is 0. The molecule has 5 nitrogen and oxygen atoms in total. The molecule has 2 rings (SSSR count). The van der Waals surface area contributed by atoms with Gasteiger partial charge in [-0.15, -0.1) is 12.4 Å². The second kappa shape index (κ2) is 4.75. The lowest BCUT2D eigenvalue weighted by Crippen LogP contribution is -2.23. The average molecular weight is 229 g/mol. The number of hydrogen-bond acceptors (Lipinski definition) is 3. The molecule has 1 fully saturated rings. The molecule has 5 N–H and O–H groups in total. The van der Waals surface area contributed by atoms with Crippen LogP contribution in [0.5, 0.6) is 5.75 Å². The van der Waals surface area contributed by atoms with Crippen molar-refractivity contribution in [2.24, 2.45) is 4.99 Å². The minimum atomic E-state index is 0. The van der Waals surface area contributed by atoms with Gasteiger partial charge in [0.1, 0.15) is 5.75 Å². The van der Waals surface area contributed by atoms with Crippen molar-refractivity contribution >= 4 is 29.7 Å². The highest BCUT2D eigenvalue weighted by Crippen LogP contribution is 2.24. The van der Waals surface area contributed by atoms with Crippen LogP contribution in [0.4, 0.5) is 11.4 Å². The second-order valence-electron chi connectivity index (χ2n) is 3.06. The molecular weight excluding hydrogens is 216 g/mol. The van der Waals surface area contributed by atoms with Gasteiger partial charge in [-0.2, -0.15) is 0 Å². The molecule has 0 amide bonds. The first-order valence-electron chi connectivity index (χ1n) is 4.40. The minimum absolute atomic E-state index is 0. The quantitative estimate of drug-likeness (QED) is 0.419. The van der Waals surface area contributed by atoms with Gasteiger partial charge in [0.25, 0.3) is 0 Å². The lowest BCUT2D eigenvalue weighted by Gasteiger charge is -2.01. The first-order chi connectivity index (χ1) is 6.75. The number of guanidine groups is 1. The van der Waals surface area contributed by atoms with E-state index in [-0.39, 0.29) is 18.2 Å². The van der Waals surface area contributed by atoms with Crippen LogP contribution in [0.2, 0.25) is 0 Å². The molecule has 82 valence electrons. The summed E-state index contributed by atoms with van der Waals surface area (Å²) in [5.74, 6) is 0.830. The molecule has 0 saturated carbocycles. The predicted octanol–water partition coefficient (Wildman–Crippen LogP) is 0.577. The summed E-state index contributed by atoms with van der Waals surface area (Å²) >= 11 is 0. The number of benzene rings is 1. The Morgan fingerprint density at radius 1 is 1.27 bits per heavy atom. The molecule has 1 aromatic carbocycles. The fraction of sp³-hybridized carbons (Fsp3) is 0.222. The van der Waals surface area contributed by atoms with E-state index in [0.29, 0.717) is 5.69 Å². The fourth-order valence-electron chi connectivity index (χ4n) is 1.24. The maximum absolute atomic E-state index is 9.20. The summed E-state index contributed by atoms with van der Waals surface area (Å²) in [5.41, 5.74) is 6.59. The summed E-state index contributed by atoms with van der Waals surface area (Å²) in [6.07, 6.45) is 0. The van der Waals surface area contributed by atoms with Gasteiger partial charge in [-0.1, -0.05) is 0 Å². The van der Waals surface area contributed by atoms with Crippen LogP contribution < -0.4 is 16.4 Å². The van der Waals surface area contributed by atoms with E-state index in [1.54, 1.807) is 12.1 Å². The number of phenolic OH excluding ortho intramolecular Hbond substituents is 1. The monoisotopic (exact) mass is 228 g/mol. The number of nitrogens with one attached hydrogen (secondary N) is 2. The van der Waals surface area contributed by atoms with Gasteiger partial charge in [0.05, 0.1) is 11.4 Å². The van der Waals surface area contributed by atoms with Crippen LogP contribution in [-0.4, -0.2) is 24.2 Å². The number of nitrogens with zero attached hydrogens (tertiary/aromatic N) is 1. The molecule has 15 heavy (non-hydrogen) atoms. The van der Waals surface area contributed by atoms with Crippen LogP contribution in [0.15, 0.2) is 23.2 Å². The fourth-order valence-corrected chi connectivity index (χ4v) is 1.24. The van der Waals surface area contributed by atoms with E-state index in [1.165, 1.54) is 6.07 Å². The van der Waals surface area contributed by atoms with Gasteiger partial charge in [0.15, 0.2) is 5.96 Å². The summed E-state index contributed by atoms with van der Waals surface area (Å²) in [7, 11) is 0. The second-order valence-corrected chi connectivity index (χ2v) is 3.06. The van der Waals surface area contributed by atoms with Crippen molar-refractivity contribution in [3.63, 3.8) is 0 Å². The highest BCUT2D eigenvalue weighted by atomic mass is 35.5. The van der Waals surface area contributed by atoms with Crippen molar-refractivity contribution in [1.82, 2.24) is 10.6 Å². The van der Waals surface area contributed by atoms with Crippen LogP contribution in [0, 0.1) is 0 Å². The van der Waals surface area contributed by atoms with Gasteiger partial charge in [0, 0.05) is 13.1 Å². The summed E-state index contributed by atoms with van der Waals surface area (Å²) in [4.78, 5) is 4.26. The Balaban J connectivity index is 0.00000112. The molecule has 6 heteroatoms. The molecule has 0 spiro atoms. The molecule has 1 aliphatic heterocycles. The van der Waals surface area contributed by atoms with Gasteiger partial charge in [-0.3, -0.25) is 0 Å². The van der Waals surface area contributed by atoms with Crippen molar-refractivity contribution in [3.05, 3.63) is 18.2 Å². The van der Waals surface area contributed by atoms with Crippen molar-refractivity contribution in [2.75, 3.05) is 18.8 Å². The number of nitrogens with two attached hydrogens (primary N) is 1. The first kappa shape index (κ1) is 11.5. The molecule has 0 bridgehead atoms. The molecule has 0 aliphatic carbocycles. The summed E-state index contributed by atoms with van der Waals surface area (Å²) in [5, 5.41) is 15.3. The zero-order valence-electron chi connectivity index (χ0n) is 8.03. The van der Waals surface area contributed by atoms with E-state index in [0.717, 1.165) is 24.7 Å². The van der Waals surface area contributed by atoms with Gasteiger partial charge < -0.3 is 21.5 Å². The maximum atomic E-state index is 9.20. The largest absolute Gasteiger partial charge is 0.506 e. The Hall–Kier alpha value is -1.62. The van der Waals surface area contributed by atoms with E-state index in [9.17, 15) is 5.11 Å². The first-order valence-corrected chi connectivity index (χ1v) is 4.40. The number of phenols is 1. The molecule has 0 atom stereocenters. The lowest BCUT2D eigenvalue weighted by atomic mass is 10.2. The average Bonchev–Trinajstić information content (AvgIpc) is 2.64. The van der Waals surface area contributed by atoms with E-state index in [4.69, 9.17) is 5.73 Å². The third-order valence-corrected chi connectivity index (χ3v) is 1.96. The Bertz CT molecular complexity index is 372. The number of aliphatic imine (C=N–C) groups is 1. The molecule has 1 heterocycles. The Kier molecular flexibility index (Phi) is 3.62. The van der Waals surface area contributed by atoms with Crippen LogP contribution in [-0.2, 0) is 0 Å². The van der Waals surface area contributed by atoms with Crippen LogP contribution in [0.1, 0.15) is 0 Å². The third-order valence-electron chi connectivity index (χ3n) is 1.96. The van der Waals surface area contributed by atoms with E-state index >= 15 is 0 Å². The SMILES string of the molecule is Cl.Nc1cc(N=C2NCCN2)ccc1O. The summed E-state index contributed by atoms with van der Waals surface area (Å²) in [6, 6.07) is 4.87. The molecular formula is C9H13ClN4O. The van der Waals surface area contributed by atoms with E-state index in [2.05, 4.69) is 15.6 Å². The van der Waals surface area contributed by atoms with Crippen molar-refractivity contribution in [3.8, 4) is 5.75 Å². The molecule has 1 aliphatic rings. The molecule has 1 saturated heterocycles. The predicted molar refractivity (Wildman–Crippen MR) is 62.9 cm³/mol. The standard InChI is InChI=1S/C9H12N4O.ClH/c10-7-5-6(1-2-8(7)14)13-9-11-3-4-12-9;/h1-2,5,14H,3-4,10H2,(H2,11,12,13);1H. The number of hydrogen-bond donors (Lipinski definition) is 4. The van der Waals surface area contributed by atoms with E-state index in [1.807, 2.05) is 0 Å². The van der Waals surface area contributed by atoms with E-state index < -0.39 is 0 Å². The van der Waals surface area contributed by atoms with Crippen molar-refractivity contribution in [1.29, 1.82) is 0 Å². The molecule has 0 radical (unpaired) electrons. The number of rotatable bonds is 1. The smallest absolute Gasteiger partial charge is 0.196 e.